The first-order chi connectivity index (χ1) is 6.44. The van der Waals surface area contributed by atoms with Gasteiger partial charge in [0.1, 0.15) is 5.02 Å². The maximum absolute atomic E-state index is 5.78. The van der Waals surface area contributed by atoms with Gasteiger partial charge in [-0.3, -0.25) is 0 Å². The van der Waals surface area contributed by atoms with Gasteiger partial charge in [0.2, 0.25) is 11.2 Å². The molecule has 1 aromatic rings. The summed E-state index contributed by atoms with van der Waals surface area (Å²) in [5.74, 6) is 2.64. The first kappa shape index (κ1) is 11.1. The van der Waals surface area contributed by atoms with E-state index in [9.17, 15) is 0 Å². The van der Waals surface area contributed by atoms with Crippen molar-refractivity contribution >= 4 is 23.2 Å². The fourth-order valence-corrected chi connectivity index (χ4v) is 0.929. The van der Waals surface area contributed by atoms with Gasteiger partial charge in [0.25, 0.3) is 0 Å². The summed E-state index contributed by atoms with van der Waals surface area (Å²) in [5.41, 5.74) is -0.776. The lowest BCUT2D eigenvalue weighted by atomic mass is 10.1. The lowest BCUT2D eigenvalue weighted by Gasteiger charge is -2.19. The minimum atomic E-state index is -0.776. The fourth-order valence-electron chi connectivity index (χ4n) is 0.674. The molecule has 0 amide bonds. The van der Waals surface area contributed by atoms with Crippen molar-refractivity contribution in [2.45, 2.75) is 19.4 Å². The third-order valence-electron chi connectivity index (χ3n) is 1.38. The van der Waals surface area contributed by atoms with E-state index in [0.717, 1.165) is 0 Å². The van der Waals surface area contributed by atoms with E-state index in [1.54, 1.807) is 13.8 Å². The van der Waals surface area contributed by atoms with Crippen LogP contribution >= 0.6 is 23.2 Å². The zero-order valence-corrected chi connectivity index (χ0v) is 9.23. The number of hydrogen-bond acceptors (Lipinski definition) is 3. The van der Waals surface area contributed by atoms with Crippen LogP contribution in [-0.4, -0.2) is 15.6 Å². The Labute approximate surface area is 92.4 Å². The Bertz CT molecular complexity index is 385. The van der Waals surface area contributed by atoms with Crippen molar-refractivity contribution < 1.29 is 4.74 Å². The molecule has 0 radical (unpaired) electrons. The highest BCUT2D eigenvalue weighted by atomic mass is 35.5. The summed E-state index contributed by atoms with van der Waals surface area (Å²) >= 11 is 11.4. The quantitative estimate of drug-likeness (QED) is 0.579. The number of terminal acetylenes is 1. The zero-order chi connectivity index (χ0) is 10.8. The molecule has 74 valence electrons. The van der Waals surface area contributed by atoms with Gasteiger partial charge in [-0.1, -0.05) is 17.5 Å². The van der Waals surface area contributed by atoms with Crippen LogP contribution in [0, 0.1) is 12.3 Å². The molecule has 0 saturated carbocycles. The molecule has 0 aromatic carbocycles. The van der Waals surface area contributed by atoms with Crippen molar-refractivity contribution in [3.8, 4) is 18.2 Å². The van der Waals surface area contributed by atoms with Crippen LogP contribution in [0.5, 0.6) is 5.88 Å². The molecule has 0 spiro atoms. The lowest BCUT2D eigenvalue weighted by Crippen LogP contribution is -2.26. The normalized spacial score (nSPS) is 10.8. The summed E-state index contributed by atoms with van der Waals surface area (Å²) in [6.07, 6.45) is 6.61. The van der Waals surface area contributed by atoms with Gasteiger partial charge >= 0.3 is 0 Å². The zero-order valence-electron chi connectivity index (χ0n) is 7.71. The minimum Gasteiger partial charge on any atom is -0.457 e. The Morgan fingerprint density at radius 2 is 2.14 bits per heavy atom. The van der Waals surface area contributed by atoms with Crippen LogP contribution in [0.4, 0.5) is 0 Å². The number of rotatable bonds is 2. The third kappa shape index (κ3) is 2.76. The van der Waals surface area contributed by atoms with Crippen LogP contribution in [0.3, 0.4) is 0 Å². The predicted molar refractivity (Wildman–Crippen MR) is 55.6 cm³/mol. The molecular formula is C9H8Cl2N2O. The smallest absolute Gasteiger partial charge is 0.238 e. The highest BCUT2D eigenvalue weighted by Crippen LogP contribution is 2.25. The summed E-state index contributed by atoms with van der Waals surface area (Å²) < 4.78 is 5.36. The van der Waals surface area contributed by atoms with E-state index in [0.29, 0.717) is 0 Å². The highest BCUT2D eigenvalue weighted by molar-refractivity contribution is 6.32. The maximum atomic E-state index is 5.78. The largest absolute Gasteiger partial charge is 0.457 e. The van der Waals surface area contributed by atoms with Gasteiger partial charge in [-0.25, -0.2) is 4.98 Å². The average Bonchev–Trinajstić information content (AvgIpc) is 2.11. The summed E-state index contributed by atoms with van der Waals surface area (Å²) in [6, 6.07) is 0. The monoisotopic (exact) mass is 230 g/mol. The van der Waals surface area contributed by atoms with E-state index in [4.69, 9.17) is 34.4 Å². The summed E-state index contributed by atoms with van der Waals surface area (Å²) in [4.78, 5) is 7.50. The molecular weight excluding hydrogens is 223 g/mol. The van der Waals surface area contributed by atoms with Crippen molar-refractivity contribution in [1.29, 1.82) is 0 Å². The van der Waals surface area contributed by atoms with E-state index in [2.05, 4.69) is 15.9 Å². The molecule has 0 fully saturated rings. The Kier molecular flexibility index (Phi) is 3.20. The van der Waals surface area contributed by atoms with Crippen LogP contribution in [0.2, 0.25) is 10.3 Å². The molecule has 0 N–H and O–H groups in total. The molecule has 0 bridgehead atoms. The van der Waals surface area contributed by atoms with Gasteiger partial charge in [-0.15, -0.1) is 6.42 Å². The second kappa shape index (κ2) is 4.04. The molecule has 0 atom stereocenters. The van der Waals surface area contributed by atoms with Crippen LogP contribution in [-0.2, 0) is 0 Å². The topological polar surface area (TPSA) is 35.0 Å². The molecule has 3 nitrogen and oxygen atoms in total. The molecule has 0 aliphatic rings. The summed E-state index contributed by atoms with van der Waals surface area (Å²) in [5, 5.41) is 0.343. The van der Waals surface area contributed by atoms with Gasteiger partial charge < -0.3 is 4.74 Å². The van der Waals surface area contributed by atoms with Gasteiger partial charge in [0, 0.05) is 0 Å². The van der Waals surface area contributed by atoms with Gasteiger partial charge in [0.15, 0.2) is 5.60 Å². The summed E-state index contributed by atoms with van der Waals surface area (Å²) in [7, 11) is 0. The van der Waals surface area contributed by atoms with Gasteiger partial charge in [-0.05, 0) is 25.4 Å². The molecule has 5 heteroatoms. The molecule has 1 rings (SSSR count). The standard InChI is InChI=1S/C9H8Cl2N2O/c1-4-9(2,3)14-7-6(10)5-12-8(11)13-7/h1,5H,2-3H3. The minimum absolute atomic E-state index is 0.0669. The number of aromatic nitrogens is 2. The SMILES string of the molecule is C#CC(C)(C)Oc1nc(Cl)ncc1Cl. The van der Waals surface area contributed by atoms with Crippen molar-refractivity contribution in [2.75, 3.05) is 0 Å². The molecule has 14 heavy (non-hydrogen) atoms. The Morgan fingerprint density at radius 3 is 2.71 bits per heavy atom. The first-order valence-corrected chi connectivity index (χ1v) is 4.55. The number of halogens is 2. The molecule has 0 saturated heterocycles. The molecule has 1 aromatic heterocycles. The second-order valence-electron chi connectivity index (χ2n) is 3.05. The fraction of sp³-hybridized carbons (Fsp3) is 0.333. The van der Waals surface area contributed by atoms with E-state index in [-0.39, 0.29) is 16.2 Å². The number of ether oxygens (including phenoxy) is 1. The highest BCUT2D eigenvalue weighted by Gasteiger charge is 2.18. The molecule has 0 aliphatic heterocycles. The van der Waals surface area contributed by atoms with Crippen LogP contribution in [0.15, 0.2) is 6.20 Å². The molecule has 0 unspecified atom stereocenters. The van der Waals surface area contributed by atoms with Gasteiger partial charge in [0.05, 0.1) is 6.20 Å². The van der Waals surface area contributed by atoms with Crippen LogP contribution in [0.25, 0.3) is 0 Å². The van der Waals surface area contributed by atoms with Crippen molar-refractivity contribution in [1.82, 2.24) is 9.97 Å². The number of nitrogens with zero attached hydrogens (tertiary/aromatic N) is 2. The van der Waals surface area contributed by atoms with Crippen molar-refractivity contribution in [3.05, 3.63) is 16.5 Å². The van der Waals surface area contributed by atoms with Crippen molar-refractivity contribution in [2.24, 2.45) is 0 Å². The Morgan fingerprint density at radius 1 is 1.50 bits per heavy atom. The Balaban J connectivity index is 2.98. The second-order valence-corrected chi connectivity index (χ2v) is 3.79. The average molecular weight is 231 g/mol. The maximum Gasteiger partial charge on any atom is 0.238 e. The van der Waals surface area contributed by atoms with Crippen LogP contribution in [0.1, 0.15) is 13.8 Å². The lowest BCUT2D eigenvalue weighted by molar-refractivity contribution is 0.164. The van der Waals surface area contributed by atoms with Crippen LogP contribution < -0.4 is 4.74 Å². The van der Waals surface area contributed by atoms with E-state index < -0.39 is 5.60 Å². The molecule has 1 heterocycles. The van der Waals surface area contributed by atoms with Crippen molar-refractivity contribution in [3.63, 3.8) is 0 Å². The first-order valence-electron chi connectivity index (χ1n) is 3.79. The summed E-state index contributed by atoms with van der Waals surface area (Å²) in [6.45, 7) is 3.44. The predicted octanol–water partition coefficient (Wildman–Crippen LogP) is 2.57. The Hall–Kier alpha value is -0.980. The van der Waals surface area contributed by atoms with E-state index in [1.807, 2.05) is 0 Å². The molecule has 0 aliphatic carbocycles. The van der Waals surface area contributed by atoms with Gasteiger partial charge in [-0.2, -0.15) is 4.98 Å². The number of hydrogen-bond donors (Lipinski definition) is 0. The third-order valence-corrected chi connectivity index (χ3v) is 1.82. The van der Waals surface area contributed by atoms with E-state index in [1.165, 1.54) is 6.20 Å². The van der Waals surface area contributed by atoms with E-state index >= 15 is 0 Å².